The first kappa shape index (κ1) is 9.23. The van der Waals surface area contributed by atoms with Gasteiger partial charge >= 0.3 is 6.16 Å². The van der Waals surface area contributed by atoms with Gasteiger partial charge in [-0.15, -0.1) is 0 Å². The second kappa shape index (κ2) is 3.41. The molecular weight excluding hydrogens is 136 g/mol. The van der Waals surface area contributed by atoms with Crippen LogP contribution in [0.25, 0.3) is 0 Å². The van der Waals surface area contributed by atoms with Gasteiger partial charge in [0.2, 0.25) is 0 Å². The fraction of sp³-hybridized carbons (Fsp3) is 0.667. The van der Waals surface area contributed by atoms with Gasteiger partial charge in [-0.3, -0.25) is 4.89 Å². The molecule has 0 fully saturated rings. The third-order valence-corrected chi connectivity index (χ3v) is 0.478. The Labute approximate surface area is 60.0 Å². The van der Waals surface area contributed by atoms with Crippen LogP contribution in [0, 0.1) is 7.11 Å². The molecule has 0 atom stereocenters. The predicted octanol–water partition coefficient (Wildman–Crippen LogP) is 1.66. The van der Waals surface area contributed by atoms with Crippen LogP contribution in [0.5, 0.6) is 0 Å². The lowest BCUT2D eigenvalue weighted by Gasteiger charge is -2.15. The van der Waals surface area contributed by atoms with E-state index < -0.39 is 11.8 Å². The second-order valence-electron chi connectivity index (χ2n) is 2.67. The molecule has 0 heterocycles. The number of hydrogen-bond acceptors (Lipinski definition) is 4. The molecule has 0 saturated heterocycles. The fourth-order valence-electron chi connectivity index (χ4n) is 0.183. The molecule has 0 amide bonds. The number of hydrogen-bond donors (Lipinski definition) is 0. The van der Waals surface area contributed by atoms with Gasteiger partial charge in [0.25, 0.3) is 0 Å². The molecule has 4 heteroatoms. The molecule has 0 bridgehead atoms. The van der Waals surface area contributed by atoms with E-state index in [1.165, 1.54) is 0 Å². The van der Waals surface area contributed by atoms with E-state index in [9.17, 15) is 4.79 Å². The lowest BCUT2D eigenvalue weighted by molar-refractivity contribution is -0.309. The Morgan fingerprint density at radius 3 is 2.20 bits per heavy atom. The molecule has 0 unspecified atom stereocenters. The van der Waals surface area contributed by atoms with Crippen molar-refractivity contribution in [1.29, 1.82) is 0 Å². The minimum absolute atomic E-state index is 0.520. The fourth-order valence-corrected chi connectivity index (χ4v) is 0.183. The van der Waals surface area contributed by atoms with Crippen molar-refractivity contribution in [2.75, 3.05) is 0 Å². The Morgan fingerprint density at radius 1 is 1.40 bits per heavy atom. The van der Waals surface area contributed by atoms with Crippen LogP contribution in [0.2, 0.25) is 0 Å². The highest BCUT2D eigenvalue weighted by molar-refractivity contribution is 5.59. The van der Waals surface area contributed by atoms with Crippen molar-refractivity contribution in [3.63, 3.8) is 0 Å². The van der Waals surface area contributed by atoms with Gasteiger partial charge in [0.15, 0.2) is 0 Å². The first-order valence-corrected chi connectivity index (χ1v) is 2.77. The van der Waals surface area contributed by atoms with Crippen molar-refractivity contribution in [1.82, 2.24) is 0 Å². The Hall–Kier alpha value is -0.770. The molecule has 0 aliphatic carbocycles. The van der Waals surface area contributed by atoms with Crippen LogP contribution >= 0.6 is 0 Å². The highest BCUT2D eigenvalue weighted by Gasteiger charge is 2.14. The molecule has 10 heavy (non-hydrogen) atoms. The van der Waals surface area contributed by atoms with Crippen molar-refractivity contribution >= 4 is 6.16 Å². The third kappa shape index (κ3) is 5.37. The van der Waals surface area contributed by atoms with Gasteiger partial charge in [0.1, 0.15) is 12.7 Å². The number of ether oxygens (including phenoxy) is 1. The second-order valence-corrected chi connectivity index (χ2v) is 2.67. The van der Waals surface area contributed by atoms with Gasteiger partial charge in [-0.25, -0.2) is 4.79 Å². The molecule has 0 aromatic carbocycles. The van der Waals surface area contributed by atoms with E-state index in [2.05, 4.69) is 21.6 Å². The zero-order valence-electron chi connectivity index (χ0n) is 6.34. The highest BCUT2D eigenvalue weighted by Crippen LogP contribution is 2.07. The Morgan fingerprint density at radius 2 is 1.90 bits per heavy atom. The molecule has 0 saturated carbocycles. The summed E-state index contributed by atoms with van der Waals surface area (Å²) in [4.78, 5) is 18.9. The molecule has 0 N–H and O–H groups in total. The summed E-state index contributed by atoms with van der Waals surface area (Å²) in [6, 6.07) is 0. The molecule has 0 aliphatic heterocycles. The Bertz CT molecular complexity index is 113. The van der Waals surface area contributed by atoms with Gasteiger partial charge < -0.3 is 4.74 Å². The van der Waals surface area contributed by atoms with Crippen molar-refractivity contribution in [3.8, 4) is 0 Å². The SMILES string of the molecule is [CH2]OC(=O)OOC(C)(C)C. The van der Waals surface area contributed by atoms with E-state index in [0.717, 1.165) is 0 Å². The maximum absolute atomic E-state index is 10.2. The molecule has 0 aliphatic rings. The van der Waals surface area contributed by atoms with Crippen LogP contribution < -0.4 is 0 Å². The third-order valence-electron chi connectivity index (χ3n) is 0.478. The minimum Gasteiger partial charge on any atom is -0.429 e. The summed E-state index contributed by atoms with van der Waals surface area (Å²) in [5.41, 5.74) is -0.520. The molecule has 0 spiro atoms. The summed E-state index contributed by atoms with van der Waals surface area (Å²) < 4.78 is 3.91. The average Bonchev–Trinajstić information content (AvgIpc) is 1.81. The Balaban J connectivity index is 3.46. The van der Waals surface area contributed by atoms with Crippen LogP contribution in [0.3, 0.4) is 0 Å². The molecule has 0 aromatic rings. The van der Waals surface area contributed by atoms with Crippen molar-refractivity contribution in [2.24, 2.45) is 0 Å². The molecule has 0 aromatic heterocycles. The summed E-state index contributed by atoms with van der Waals surface area (Å²) in [6.45, 7) is 5.22. The zero-order chi connectivity index (χ0) is 8.20. The van der Waals surface area contributed by atoms with Gasteiger partial charge in [-0.1, -0.05) is 0 Å². The molecule has 4 nitrogen and oxygen atoms in total. The van der Waals surface area contributed by atoms with Crippen LogP contribution in [0.15, 0.2) is 0 Å². The van der Waals surface area contributed by atoms with Crippen LogP contribution in [0.1, 0.15) is 20.8 Å². The smallest absolute Gasteiger partial charge is 0.429 e. The summed E-state index contributed by atoms with van der Waals surface area (Å²) in [5.74, 6) is 0. The number of carbonyl (C=O) groups is 1. The first-order valence-electron chi connectivity index (χ1n) is 2.77. The van der Waals surface area contributed by atoms with Gasteiger partial charge in [-0.2, -0.15) is 4.89 Å². The molecular formula is C6H11O4. The maximum Gasteiger partial charge on any atom is 0.540 e. The summed E-state index contributed by atoms with van der Waals surface area (Å²) in [6.07, 6.45) is -0.949. The molecule has 59 valence electrons. The monoisotopic (exact) mass is 147 g/mol. The van der Waals surface area contributed by atoms with E-state index in [-0.39, 0.29) is 0 Å². The lowest BCUT2D eigenvalue weighted by Crippen LogP contribution is -2.21. The van der Waals surface area contributed by atoms with Gasteiger partial charge in [0.05, 0.1) is 0 Å². The van der Waals surface area contributed by atoms with E-state index in [4.69, 9.17) is 0 Å². The van der Waals surface area contributed by atoms with Crippen LogP contribution in [-0.2, 0) is 14.5 Å². The summed E-state index contributed by atoms with van der Waals surface area (Å²) in [5, 5.41) is 0. The maximum atomic E-state index is 10.2. The summed E-state index contributed by atoms with van der Waals surface area (Å²) >= 11 is 0. The van der Waals surface area contributed by atoms with E-state index in [1.807, 2.05) is 0 Å². The summed E-state index contributed by atoms with van der Waals surface area (Å²) in [7, 11) is 2.83. The highest BCUT2D eigenvalue weighted by atomic mass is 17.2. The zero-order valence-corrected chi connectivity index (χ0v) is 6.34. The van der Waals surface area contributed by atoms with Gasteiger partial charge in [-0.05, 0) is 20.8 Å². The first-order chi connectivity index (χ1) is 4.45. The Kier molecular flexibility index (Phi) is 3.15. The number of carbonyl (C=O) groups excluding carboxylic acids is 1. The van der Waals surface area contributed by atoms with Crippen molar-refractivity contribution in [3.05, 3.63) is 7.11 Å². The van der Waals surface area contributed by atoms with Crippen LogP contribution in [-0.4, -0.2) is 11.8 Å². The molecule has 1 radical (unpaired) electrons. The standard InChI is InChI=1S/C6H11O4/c1-6(2,3)10-9-5(7)8-4/h4H2,1-3H3. The van der Waals surface area contributed by atoms with Crippen LogP contribution in [0.4, 0.5) is 4.79 Å². The minimum atomic E-state index is -0.949. The average molecular weight is 147 g/mol. The number of rotatable bonds is 1. The van der Waals surface area contributed by atoms with E-state index >= 15 is 0 Å². The lowest BCUT2D eigenvalue weighted by atomic mass is 10.2. The van der Waals surface area contributed by atoms with Crippen molar-refractivity contribution < 1.29 is 19.3 Å². The molecule has 0 rings (SSSR count). The van der Waals surface area contributed by atoms with E-state index in [1.54, 1.807) is 20.8 Å². The topological polar surface area (TPSA) is 44.8 Å². The van der Waals surface area contributed by atoms with Crippen molar-refractivity contribution in [2.45, 2.75) is 26.4 Å². The normalized spacial score (nSPS) is 10.8. The predicted molar refractivity (Wildman–Crippen MR) is 33.8 cm³/mol. The quantitative estimate of drug-likeness (QED) is 0.321. The van der Waals surface area contributed by atoms with Gasteiger partial charge in [0, 0.05) is 0 Å². The largest absolute Gasteiger partial charge is 0.540 e. The van der Waals surface area contributed by atoms with E-state index in [0.29, 0.717) is 0 Å².